The van der Waals surface area contributed by atoms with E-state index < -0.39 is 47.3 Å². The Balaban J connectivity index is 2.56. The molecular weight excluding hydrogens is 346 g/mol. The molecule has 0 unspecified atom stereocenters. The van der Waals surface area contributed by atoms with Crippen LogP contribution in [0.4, 0.5) is 4.79 Å². The van der Waals surface area contributed by atoms with E-state index in [1.165, 1.54) is 0 Å². The van der Waals surface area contributed by atoms with Gasteiger partial charge < -0.3 is 25.8 Å². The Hall–Kier alpha value is -0.850. The van der Waals surface area contributed by atoms with Gasteiger partial charge in [0.05, 0.1) is 17.8 Å². The van der Waals surface area contributed by atoms with Gasteiger partial charge in [0.1, 0.15) is 6.10 Å². The molecule has 0 aromatic carbocycles. The van der Waals surface area contributed by atoms with Crippen molar-refractivity contribution in [3.63, 3.8) is 0 Å². The van der Waals surface area contributed by atoms with Crippen LogP contribution >= 0.6 is 0 Å². The highest BCUT2D eigenvalue weighted by molar-refractivity contribution is 5.65. The van der Waals surface area contributed by atoms with E-state index in [1.807, 2.05) is 6.92 Å². The quantitative estimate of drug-likeness (QED) is 0.581. The third kappa shape index (κ3) is 3.49. The molecule has 2 aliphatic rings. The Morgan fingerprint density at radius 1 is 1.30 bits per heavy atom. The predicted octanol–water partition coefficient (Wildman–Crippen LogP) is 2.82. The Morgan fingerprint density at radius 3 is 2.41 bits per heavy atom. The van der Waals surface area contributed by atoms with Gasteiger partial charge in [-0.3, -0.25) is 0 Å². The highest BCUT2D eigenvalue weighted by atomic mass is 16.6. The molecule has 158 valence electrons. The van der Waals surface area contributed by atoms with Gasteiger partial charge in [-0.05, 0) is 37.0 Å². The van der Waals surface area contributed by atoms with Crippen molar-refractivity contribution in [3.05, 3.63) is 0 Å². The van der Waals surface area contributed by atoms with Crippen molar-refractivity contribution >= 4 is 6.09 Å². The molecule has 6 heteroatoms. The third-order valence-electron chi connectivity index (χ3n) is 8.07. The van der Waals surface area contributed by atoms with Crippen molar-refractivity contribution in [2.24, 2.45) is 34.3 Å². The van der Waals surface area contributed by atoms with E-state index in [4.69, 9.17) is 10.5 Å². The molecule has 0 spiro atoms. The van der Waals surface area contributed by atoms with E-state index in [9.17, 15) is 20.1 Å². The van der Waals surface area contributed by atoms with Crippen LogP contribution in [0.1, 0.15) is 73.6 Å². The second-order valence-corrected chi connectivity index (χ2v) is 9.96. The summed E-state index contributed by atoms with van der Waals surface area (Å²) in [5, 5.41) is 34.3. The van der Waals surface area contributed by atoms with Gasteiger partial charge in [-0.25, -0.2) is 4.79 Å². The summed E-state index contributed by atoms with van der Waals surface area (Å²) in [6, 6.07) is 0. The fraction of sp³-hybridized carbons (Fsp3) is 0.952. The summed E-state index contributed by atoms with van der Waals surface area (Å²) in [7, 11) is 0. The van der Waals surface area contributed by atoms with Crippen molar-refractivity contribution in [1.29, 1.82) is 0 Å². The number of amides is 1. The molecule has 0 aliphatic heterocycles. The van der Waals surface area contributed by atoms with Gasteiger partial charge in [-0.1, -0.05) is 48.0 Å². The molecule has 0 heterocycles. The van der Waals surface area contributed by atoms with Crippen molar-refractivity contribution in [2.75, 3.05) is 0 Å². The van der Waals surface area contributed by atoms with Gasteiger partial charge in [0.25, 0.3) is 0 Å². The number of carbonyl (C=O) groups excluding carboxylic acids is 1. The number of fused-ring (bicyclic) bond motifs is 1. The summed E-state index contributed by atoms with van der Waals surface area (Å²) in [6.07, 6.45) is 0.0100. The molecule has 2 aliphatic carbocycles. The van der Waals surface area contributed by atoms with E-state index >= 15 is 0 Å². The predicted molar refractivity (Wildman–Crippen MR) is 104 cm³/mol. The lowest BCUT2D eigenvalue weighted by Crippen LogP contribution is -2.75. The topological polar surface area (TPSA) is 113 Å². The average Bonchev–Trinajstić information content (AvgIpc) is 2.58. The van der Waals surface area contributed by atoms with Crippen molar-refractivity contribution in [3.8, 4) is 0 Å². The molecule has 0 aromatic rings. The van der Waals surface area contributed by atoms with E-state index in [0.29, 0.717) is 18.8 Å². The van der Waals surface area contributed by atoms with E-state index in [2.05, 4.69) is 27.7 Å². The maximum atomic E-state index is 12.0. The SMILES string of the molecule is CC[C@@H](C)CC[C@@]1(O)[C@@H](C)[C@@H](OC(N)=O)[C@@H](O)[C@H]2C(C)(C)CC[C@H](O)[C@@]21C. The van der Waals surface area contributed by atoms with Crippen LogP contribution in [0.5, 0.6) is 0 Å². The van der Waals surface area contributed by atoms with Crippen LogP contribution < -0.4 is 5.73 Å². The second kappa shape index (κ2) is 7.53. The lowest BCUT2D eigenvalue weighted by Gasteiger charge is -2.67. The van der Waals surface area contributed by atoms with Crippen LogP contribution in [-0.4, -0.2) is 45.3 Å². The van der Waals surface area contributed by atoms with Gasteiger partial charge in [0.15, 0.2) is 0 Å². The van der Waals surface area contributed by atoms with Crippen LogP contribution in [0.2, 0.25) is 0 Å². The van der Waals surface area contributed by atoms with E-state index in [0.717, 1.165) is 19.3 Å². The van der Waals surface area contributed by atoms with Gasteiger partial charge in [-0.2, -0.15) is 0 Å². The molecule has 0 aromatic heterocycles. The summed E-state index contributed by atoms with van der Waals surface area (Å²) in [6.45, 7) is 12.1. The normalized spacial score (nSPS) is 45.0. The summed E-state index contributed by atoms with van der Waals surface area (Å²) in [4.78, 5) is 11.5. The number of ether oxygens (including phenoxy) is 1. The lowest BCUT2D eigenvalue weighted by molar-refractivity contribution is -0.304. The highest BCUT2D eigenvalue weighted by Gasteiger charge is 2.70. The molecular formula is C21H39NO5. The minimum absolute atomic E-state index is 0.322. The molecule has 2 rings (SSSR count). The minimum atomic E-state index is -1.28. The molecule has 0 bridgehead atoms. The highest BCUT2D eigenvalue weighted by Crippen LogP contribution is 2.64. The Labute approximate surface area is 163 Å². The van der Waals surface area contributed by atoms with Gasteiger partial charge >= 0.3 is 6.09 Å². The smallest absolute Gasteiger partial charge is 0.404 e. The fourth-order valence-corrected chi connectivity index (χ4v) is 6.08. The van der Waals surface area contributed by atoms with E-state index in [1.54, 1.807) is 6.92 Å². The zero-order chi connectivity index (χ0) is 20.8. The number of aliphatic hydroxyl groups is 3. The van der Waals surface area contributed by atoms with Crippen LogP contribution in [0, 0.1) is 28.6 Å². The number of rotatable bonds is 5. The molecule has 8 atom stereocenters. The van der Waals surface area contributed by atoms with Crippen molar-refractivity contribution in [1.82, 2.24) is 0 Å². The minimum Gasteiger partial charge on any atom is -0.443 e. The molecule has 0 saturated heterocycles. The summed E-state index contributed by atoms with van der Waals surface area (Å²) in [5.74, 6) is -0.538. The van der Waals surface area contributed by atoms with Gasteiger partial charge in [-0.15, -0.1) is 0 Å². The zero-order valence-corrected chi connectivity index (χ0v) is 17.7. The number of hydrogen-bond acceptors (Lipinski definition) is 5. The number of primary amides is 1. The molecule has 2 fully saturated rings. The Bertz CT molecular complexity index is 553. The first-order valence-corrected chi connectivity index (χ1v) is 10.4. The molecule has 6 nitrogen and oxygen atoms in total. The van der Waals surface area contributed by atoms with Crippen LogP contribution in [0.15, 0.2) is 0 Å². The zero-order valence-electron chi connectivity index (χ0n) is 17.7. The first-order chi connectivity index (χ1) is 12.3. The lowest BCUT2D eigenvalue weighted by atomic mass is 9.41. The average molecular weight is 386 g/mol. The standard InChI is InChI=1S/C21H39NO5/c1-7-12(2)8-11-21(26)13(3)16(27-18(22)25)15(24)17-19(4,5)10-9-14(23)20(17,21)6/h12-17,23-24,26H,7-11H2,1-6H3,(H2,22,25)/t12-,13+,14+,15-,16-,17+,20+,21-/m1/s1. The third-order valence-corrected chi connectivity index (χ3v) is 8.07. The molecule has 27 heavy (non-hydrogen) atoms. The van der Waals surface area contributed by atoms with Gasteiger partial charge in [0.2, 0.25) is 0 Å². The van der Waals surface area contributed by atoms with Crippen molar-refractivity contribution in [2.45, 2.75) is 97.6 Å². The number of carbonyl (C=O) groups is 1. The molecule has 5 N–H and O–H groups in total. The summed E-state index contributed by atoms with van der Waals surface area (Å²) < 4.78 is 5.31. The first-order valence-electron chi connectivity index (χ1n) is 10.4. The number of hydrogen-bond donors (Lipinski definition) is 4. The Kier molecular flexibility index (Phi) is 6.25. The number of nitrogens with two attached hydrogens (primary N) is 1. The summed E-state index contributed by atoms with van der Waals surface area (Å²) >= 11 is 0. The van der Waals surface area contributed by atoms with Gasteiger partial charge in [0, 0.05) is 17.3 Å². The number of aliphatic hydroxyl groups excluding tert-OH is 2. The monoisotopic (exact) mass is 385 g/mol. The fourth-order valence-electron chi connectivity index (χ4n) is 6.08. The van der Waals surface area contributed by atoms with Crippen molar-refractivity contribution < 1.29 is 24.9 Å². The molecule has 1 amide bonds. The summed E-state index contributed by atoms with van der Waals surface area (Å²) in [5.41, 5.74) is 2.77. The van der Waals surface area contributed by atoms with E-state index in [-0.39, 0.29) is 5.41 Å². The van der Waals surface area contributed by atoms with Crippen LogP contribution in [0.3, 0.4) is 0 Å². The first kappa shape index (κ1) is 22.4. The maximum Gasteiger partial charge on any atom is 0.404 e. The maximum absolute atomic E-state index is 12.0. The van der Waals surface area contributed by atoms with Crippen LogP contribution in [-0.2, 0) is 4.74 Å². The second-order valence-electron chi connectivity index (χ2n) is 9.96. The molecule has 0 radical (unpaired) electrons. The Morgan fingerprint density at radius 2 is 1.89 bits per heavy atom. The largest absolute Gasteiger partial charge is 0.443 e. The van der Waals surface area contributed by atoms with Crippen LogP contribution in [0.25, 0.3) is 0 Å². The molecule has 2 saturated carbocycles.